The first-order valence-electron chi connectivity index (χ1n) is 10.0. The van der Waals surface area contributed by atoms with Crippen LogP contribution in [0.5, 0.6) is 11.5 Å². The average molecular weight is 433 g/mol. The molecule has 0 unspecified atom stereocenters. The second-order valence-electron chi connectivity index (χ2n) is 7.33. The van der Waals surface area contributed by atoms with Crippen molar-refractivity contribution < 1.29 is 28.2 Å². The number of ketones is 1. The van der Waals surface area contributed by atoms with Crippen LogP contribution >= 0.6 is 0 Å². The molecule has 6 nitrogen and oxygen atoms in total. The van der Waals surface area contributed by atoms with Gasteiger partial charge in [-0.1, -0.05) is 42.5 Å². The van der Waals surface area contributed by atoms with E-state index in [0.717, 1.165) is 16.5 Å². The number of halogens is 1. The molecule has 0 saturated carbocycles. The molecule has 1 heterocycles. The molecule has 0 spiro atoms. The molecule has 0 radical (unpaired) electrons. The lowest BCUT2D eigenvalue weighted by Crippen LogP contribution is -2.44. The lowest BCUT2D eigenvalue weighted by molar-refractivity contribution is -0.134. The monoisotopic (exact) mass is 433 g/mol. The summed E-state index contributed by atoms with van der Waals surface area (Å²) in [6, 6.07) is 19.5. The van der Waals surface area contributed by atoms with Gasteiger partial charge in [-0.2, -0.15) is 0 Å². The van der Waals surface area contributed by atoms with Crippen LogP contribution in [0.2, 0.25) is 0 Å². The number of fused-ring (bicyclic) bond motifs is 1. The summed E-state index contributed by atoms with van der Waals surface area (Å²) in [6.07, 6.45) is -0.944. The number of ether oxygens (including phenoxy) is 2. The SMILES string of the molecule is C[C@H]1Oc2ccccc2C(=O)N(CC(=O)c2ccc(OCc3ccccc3)c(F)c2)C1=O. The molecule has 0 saturated heterocycles. The largest absolute Gasteiger partial charge is 0.486 e. The lowest BCUT2D eigenvalue weighted by atomic mass is 10.1. The third kappa shape index (κ3) is 4.37. The van der Waals surface area contributed by atoms with Crippen molar-refractivity contribution in [3.8, 4) is 11.5 Å². The molecule has 1 aliphatic rings. The van der Waals surface area contributed by atoms with E-state index < -0.39 is 36.1 Å². The number of benzene rings is 3. The molecule has 32 heavy (non-hydrogen) atoms. The maximum atomic E-state index is 14.5. The molecule has 0 fully saturated rings. The molecule has 3 aromatic rings. The maximum Gasteiger partial charge on any atom is 0.270 e. The van der Waals surface area contributed by atoms with Gasteiger partial charge in [0, 0.05) is 5.56 Å². The van der Waals surface area contributed by atoms with Gasteiger partial charge in [-0.15, -0.1) is 0 Å². The fourth-order valence-electron chi connectivity index (χ4n) is 3.36. The molecular formula is C25H20FNO5. The van der Waals surface area contributed by atoms with E-state index in [4.69, 9.17) is 9.47 Å². The Morgan fingerprint density at radius 2 is 1.75 bits per heavy atom. The molecule has 162 valence electrons. The second-order valence-corrected chi connectivity index (χ2v) is 7.33. The molecule has 0 aliphatic carbocycles. The Hall–Kier alpha value is -4.00. The predicted octanol–water partition coefficient (Wildman–Crippen LogP) is 4.04. The van der Waals surface area contributed by atoms with Gasteiger partial charge in [0.05, 0.1) is 12.1 Å². The first-order valence-corrected chi connectivity index (χ1v) is 10.0. The van der Waals surface area contributed by atoms with Gasteiger partial charge >= 0.3 is 0 Å². The smallest absolute Gasteiger partial charge is 0.270 e. The van der Waals surface area contributed by atoms with Crippen LogP contribution in [0.15, 0.2) is 72.8 Å². The number of carbonyl (C=O) groups excluding carboxylic acids is 3. The van der Waals surface area contributed by atoms with Crippen molar-refractivity contribution in [2.24, 2.45) is 0 Å². The zero-order valence-electron chi connectivity index (χ0n) is 17.3. The Balaban J connectivity index is 1.50. The Morgan fingerprint density at radius 3 is 2.50 bits per heavy atom. The number of carbonyl (C=O) groups is 3. The minimum atomic E-state index is -0.944. The summed E-state index contributed by atoms with van der Waals surface area (Å²) in [6.45, 7) is 1.16. The molecule has 7 heteroatoms. The highest BCUT2D eigenvalue weighted by molar-refractivity contribution is 6.12. The van der Waals surface area contributed by atoms with Crippen molar-refractivity contribution in [1.29, 1.82) is 0 Å². The van der Waals surface area contributed by atoms with E-state index in [-0.39, 0.29) is 29.2 Å². The zero-order valence-corrected chi connectivity index (χ0v) is 17.3. The van der Waals surface area contributed by atoms with Crippen LogP contribution in [0.3, 0.4) is 0 Å². The fourth-order valence-corrected chi connectivity index (χ4v) is 3.36. The maximum absolute atomic E-state index is 14.5. The van der Waals surface area contributed by atoms with Crippen molar-refractivity contribution in [2.45, 2.75) is 19.6 Å². The van der Waals surface area contributed by atoms with Crippen LogP contribution < -0.4 is 9.47 Å². The van der Waals surface area contributed by atoms with Crippen molar-refractivity contribution in [1.82, 2.24) is 4.90 Å². The number of rotatable bonds is 6. The Kier molecular flexibility index (Phi) is 5.98. The Bertz CT molecular complexity index is 1180. The average Bonchev–Trinajstić information content (AvgIpc) is 2.89. The molecule has 3 aromatic carbocycles. The molecule has 1 aliphatic heterocycles. The quantitative estimate of drug-likeness (QED) is 0.433. The number of nitrogens with zero attached hydrogens (tertiary/aromatic N) is 1. The van der Waals surface area contributed by atoms with Crippen molar-refractivity contribution in [3.05, 3.63) is 95.3 Å². The predicted molar refractivity (Wildman–Crippen MR) is 114 cm³/mol. The fraction of sp³-hybridized carbons (Fsp3) is 0.160. The highest BCUT2D eigenvalue weighted by atomic mass is 19.1. The van der Waals surface area contributed by atoms with Gasteiger partial charge in [0.1, 0.15) is 12.4 Å². The zero-order chi connectivity index (χ0) is 22.7. The summed E-state index contributed by atoms with van der Waals surface area (Å²) in [5.74, 6) is -2.27. The van der Waals surface area contributed by atoms with Crippen molar-refractivity contribution in [3.63, 3.8) is 0 Å². The first kappa shape index (κ1) is 21.2. The van der Waals surface area contributed by atoms with Crippen LogP contribution in [0.25, 0.3) is 0 Å². The molecule has 0 N–H and O–H groups in total. The van der Waals surface area contributed by atoms with Crippen LogP contribution in [-0.2, 0) is 11.4 Å². The summed E-state index contributed by atoms with van der Waals surface area (Å²) >= 11 is 0. The summed E-state index contributed by atoms with van der Waals surface area (Å²) in [5.41, 5.74) is 1.09. The summed E-state index contributed by atoms with van der Waals surface area (Å²) in [4.78, 5) is 39.2. The van der Waals surface area contributed by atoms with Gasteiger partial charge in [-0.3, -0.25) is 19.3 Å². The van der Waals surface area contributed by atoms with E-state index in [1.165, 1.54) is 25.1 Å². The normalized spacial score (nSPS) is 15.6. The number of para-hydroxylation sites is 1. The van der Waals surface area contributed by atoms with E-state index in [2.05, 4.69) is 0 Å². The topological polar surface area (TPSA) is 72.9 Å². The van der Waals surface area contributed by atoms with Gasteiger partial charge in [0.25, 0.3) is 11.8 Å². The molecule has 2 amide bonds. The van der Waals surface area contributed by atoms with Gasteiger partial charge in [0.2, 0.25) is 0 Å². The Morgan fingerprint density at radius 1 is 1.03 bits per heavy atom. The highest BCUT2D eigenvalue weighted by Crippen LogP contribution is 2.26. The van der Waals surface area contributed by atoms with E-state index in [1.807, 2.05) is 30.3 Å². The molecule has 4 rings (SSSR count). The molecular weight excluding hydrogens is 413 g/mol. The van der Waals surface area contributed by atoms with E-state index in [0.29, 0.717) is 0 Å². The van der Waals surface area contributed by atoms with E-state index in [9.17, 15) is 18.8 Å². The van der Waals surface area contributed by atoms with Crippen LogP contribution in [0.4, 0.5) is 4.39 Å². The minimum Gasteiger partial charge on any atom is -0.486 e. The van der Waals surface area contributed by atoms with E-state index in [1.54, 1.807) is 18.2 Å². The van der Waals surface area contributed by atoms with Gasteiger partial charge in [0.15, 0.2) is 23.5 Å². The lowest BCUT2D eigenvalue weighted by Gasteiger charge is -2.19. The number of hydrogen-bond acceptors (Lipinski definition) is 5. The third-order valence-corrected chi connectivity index (χ3v) is 5.07. The van der Waals surface area contributed by atoms with Crippen LogP contribution in [-0.4, -0.2) is 35.1 Å². The summed E-state index contributed by atoms with van der Waals surface area (Å²) < 4.78 is 25.6. The second kappa shape index (κ2) is 9.01. The summed E-state index contributed by atoms with van der Waals surface area (Å²) in [7, 11) is 0. The van der Waals surface area contributed by atoms with Gasteiger partial charge < -0.3 is 9.47 Å². The third-order valence-electron chi connectivity index (χ3n) is 5.07. The highest BCUT2D eigenvalue weighted by Gasteiger charge is 2.35. The summed E-state index contributed by atoms with van der Waals surface area (Å²) in [5, 5.41) is 0. The van der Waals surface area contributed by atoms with Crippen molar-refractivity contribution in [2.75, 3.05) is 6.54 Å². The first-order chi connectivity index (χ1) is 15.4. The number of imide groups is 1. The van der Waals surface area contributed by atoms with Gasteiger partial charge in [-0.05, 0) is 42.8 Å². The number of amides is 2. The molecule has 1 atom stereocenters. The van der Waals surface area contributed by atoms with Crippen LogP contribution in [0, 0.1) is 5.82 Å². The van der Waals surface area contributed by atoms with Crippen molar-refractivity contribution >= 4 is 17.6 Å². The number of Topliss-reactive ketones (excluding diaryl/α,β-unsaturated/α-hetero) is 1. The van der Waals surface area contributed by atoms with Crippen LogP contribution in [0.1, 0.15) is 33.2 Å². The molecule has 0 bridgehead atoms. The minimum absolute atomic E-state index is 0.00304. The Labute approximate surface area is 184 Å². The van der Waals surface area contributed by atoms with Gasteiger partial charge in [-0.25, -0.2) is 4.39 Å². The molecule has 0 aromatic heterocycles. The van der Waals surface area contributed by atoms with E-state index >= 15 is 0 Å². The standard InChI is InChI=1S/C25H20FNO5/c1-16-24(29)27(25(30)19-9-5-6-10-22(19)32-16)14-21(28)18-11-12-23(20(26)13-18)31-15-17-7-3-2-4-8-17/h2-13,16H,14-15H2,1H3/t16-/m1/s1. The number of hydrogen-bond donors (Lipinski definition) is 0.